The molecule has 0 saturated carbocycles. The van der Waals surface area contributed by atoms with Gasteiger partial charge in [0.2, 0.25) is 0 Å². The van der Waals surface area contributed by atoms with E-state index in [1.54, 1.807) is 6.92 Å². The Bertz CT molecular complexity index is 652. The Morgan fingerprint density at radius 3 is 2.73 bits per heavy atom. The summed E-state index contributed by atoms with van der Waals surface area (Å²) in [6.45, 7) is 4.05. The van der Waals surface area contributed by atoms with E-state index in [0.29, 0.717) is 12.2 Å². The third-order valence-corrected chi connectivity index (χ3v) is 5.01. The number of hydrogen-bond donors (Lipinski definition) is 0. The molecule has 2 aliphatic rings. The van der Waals surface area contributed by atoms with Gasteiger partial charge in [-0.1, -0.05) is 47.1 Å². The molecule has 1 aromatic carbocycles. The van der Waals surface area contributed by atoms with Crippen LogP contribution < -0.4 is 0 Å². The van der Waals surface area contributed by atoms with Crippen LogP contribution in [-0.4, -0.2) is 24.6 Å². The number of benzene rings is 1. The SMILES string of the molecule is CCOC(=O)C1=C[C@H](C)[C@H]2OC(=O)[C@H]2[C@@H]1c1ccccc1Br. The maximum Gasteiger partial charge on any atom is 0.334 e. The number of rotatable bonds is 3. The molecule has 1 saturated heterocycles. The standard InChI is InChI=1S/C17H17BrO4/c1-3-21-16(19)11-8-9(2)15-14(17(20)22-15)13(11)10-6-4-5-7-12(10)18/h4-9,13-15H,3H2,1-2H3/t9-,13+,14-,15+/m0/s1. The first-order chi connectivity index (χ1) is 10.5. The Hall–Kier alpha value is -1.62. The lowest BCUT2D eigenvalue weighted by atomic mass is 9.67. The zero-order valence-electron chi connectivity index (χ0n) is 12.4. The van der Waals surface area contributed by atoms with Gasteiger partial charge in [-0.25, -0.2) is 4.79 Å². The first-order valence-corrected chi connectivity index (χ1v) is 8.17. The summed E-state index contributed by atoms with van der Waals surface area (Å²) in [5.74, 6) is -1.23. The van der Waals surface area contributed by atoms with Crippen molar-refractivity contribution in [3.05, 3.63) is 46.0 Å². The Morgan fingerprint density at radius 2 is 2.09 bits per heavy atom. The summed E-state index contributed by atoms with van der Waals surface area (Å²) >= 11 is 3.52. The van der Waals surface area contributed by atoms with Crippen LogP contribution in [0.15, 0.2) is 40.4 Å². The van der Waals surface area contributed by atoms with Crippen LogP contribution in [0.5, 0.6) is 0 Å². The first kappa shape index (κ1) is 15.3. The van der Waals surface area contributed by atoms with Gasteiger partial charge >= 0.3 is 11.9 Å². The number of fused-ring (bicyclic) bond motifs is 1. The lowest BCUT2D eigenvalue weighted by molar-refractivity contribution is -0.192. The number of carbonyl (C=O) groups is 2. The van der Waals surface area contributed by atoms with E-state index in [0.717, 1.165) is 10.0 Å². The number of esters is 2. The molecular formula is C17H17BrO4. The van der Waals surface area contributed by atoms with Crippen molar-refractivity contribution in [2.75, 3.05) is 6.61 Å². The van der Waals surface area contributed by atoms with Gasteiger partial charge in [0.15, 0.2) is 0 Å². The molecule has 4 nitrogen and oxygen atoms in total. The summed E-state index contributed by atoms with van der Waals surface area (Å²) in [6.07, 6.45) is 1.72. The molecule has 0 N–H and O–H groups in total. The molecule has 22 heavy (non-hydrogen) atoms. The van der Waals surface area contributed by atoms with Crippen molar-refractivity contribution in [2.24, 2.45) is 11.8 Å². The molecule has 1 aliphatic heterocycles. The summed E-state index contributed by atoms with van der Waals surface area (Å²) in [7, 11) is 0. The van der Waals surface area contributed by atoms with Crippen LogP contribution in [0.3, 0.4) is 0 Å². The van der Waals surface area contributed by atoms with E-state index in [1.165, 1.54) is 0 Å². The van der Waals surface area contributed by atoms with E-state index >= 15 is 0 Å². The van der Waals surface area contributed by atoms with Crippen molar-refractivity contribution in [3.8, 4) is 0 Å². The number of halogens is 1. The fraction of sp³-hybridized carbons (Fsp3) is 0.412. The lowest BCUT2D eigenvalue weighted by Crippen LogP contribution is -2.54. The largest absolute Gasteiger partial charge is 0.463 e. The van der Waals surface area contributed by atoms with Crippen molar-refractivity contribution in [1.29, 1.82) is 0 Å². The molecule has 0 unspecified atom stereocenters. The monoisotopic (exact) mass is 364 g/mol. The molecule has 1 aliphatic carbocycles. The van der Waals surface area contributed by atoms with Gasteiger partial charge in [0.05, 0.1) is 6.61 Å². The minimum atomic E-state index is -0.353. The molecule has 1 heterocycles. The second-order valence-corrected chi connectivity index (χ2v) is 6.48. The highest BCUT2D eigenvalue weighted by molar-refractivity contribution is 9.10. The predicted octanol–water partition coefficient (Wildman–Crippen LogP) is 3.21. The summed E-state index contributed by atoms with van der Waals surface area (Å²) in [5.41, 5.74) is 1.47. The third-order valence-electron chi connectivity index (χ3n) is 4.28. The van der Waals surface area contributed by atoms with Crippen LogP contribution in [0.2, 0.25) is 0 Å². The number of carbonyl (C=O) groups excluding carboxylic acids is 2. The molecular weight excluding hydrogens is 348 g/mol. The average molecular weight is 365 g/mol. The molecule has 5 heteroatoms. The summed E-state index contributed by atoms with van der Waals surface area (Å²) in [4.78, 5) is 24.4. The quantitative estimate of drug-likeness (QED) is 0.772. The van der Waals surface area contributed by atoms with Crippen molar-refractivity contribution >= 4 is 27.9 Å². The maximum absolute atomic E-state index is 12.4. The molecule has 0 radical (unpaired) electrons. The average Bonchev–Trinajstić information content (AvgIpc) is 2.48. The second-order valence-electron chi connectivity index (χ2n) is 5.63. The number of hydrogen-bond acceptors (Lipinski definition) is 4. The van der Waals surface area contributed by atoms with Crippen LogP contribution in [0.1, 0.15) is 25.3 Å². The Kier molecular flexibility index (Phi) is 4.08. The molecule has 0 amide bonds. The molecule has 1 aromatic rings. The molecule has 0 aromatic heterocycles. The molecule has 0 spiro atoms. The zero-order valence-corrected chi connectivity index (χ0v) is 14.0. The van der Waals surface area contributed by atoms with Crippen molar-refractivity contribution in [2.45, 2.75) is 25.9 Å². The maximum atomic E-state index is 12.4. The number of ether oxygens (including phenoxy) is 2. The van der Waals surface area contributed by atoms with Gasteiger partial charge in [-0.05, 0) is 18.6 Å². The Labute approximate surface area is 137 Å². The van der Waals surface area contributed by atoms with Gasteiger partial charge in [0.25, 0.3) is 0 Å². The van der Waals surface area contributed by atoms with E-state index in [1.807, 2.05) is 37.3 Å². The summed E-state index contributed by atoms with van der Waals surface area (Å²) < 4.78 is 11.4. The Balaban J connectivity index is 2.08. The van der Waals surface area contributed by atoms with Crippen LogP contribution in [0, 0.1) is 11.8 Å². The van der Waals surface area contributed by atoms with E-state index in [2.05, 4.69) is 15.9 Å². The van der Waals surface area contributed by atoms with Gasteiger partial charge in [-0.2, -0.15) is 0 Å². The van der Waals surface area contributed by atoms with Gasteiger partial charge in [0.1, 0.15) is 12.0 Å². The van der Waals surface area contributed by atoms with Crippen molar-refractivity contribution in [1.82, 2.24) is 0 Å². The predicted molar refractivity (Wildman–Crippen MR) is 84.1 cm³/mol. The molecule has 3 rings (SSSR count). The fourth-order valence-corrected chi connectivity index (χ4v) is 3.81. The minimum absolute atomic E-state index is 0.0147. The van der Waals surface area contributed by atoms with Crippen LogP contribution in [0.4, 0.5) is 0 Å². The van der Waals surface area contributed by atoms with Gasteiger partial charge in [-0.3, -0.25) is 4.79 Å². The van der Waals surface area contributed by atoms with Crippen LogP contribution in [-0.2, 0) is 19.1 Å². The Morgan fingerprint density at radius 1 is 1.36 bits per heavy atom. The van der Waals surface area contributed by atoms with Gasteiger partial charge in [0, 0.05) is 21.9 Å². The molecule has 116 valence electrons. The summed E-state index contributed by atoms with van der Waals surface area (Å²) in [6, 6.07) is 7.65. The molecule has 1 fully saturated rings. The minimum Gasteiger partial charge on any atom is -0.463 e. The molecule has 0 bridgehead atoms. The topological polar surface area (TPSA) is 52.6 Å². The highest BCUT2D eigenvalue weighted by atomic mass is 79.9. The summed E-state index contributed by atoms with van der Waals surface area (Å²) in [5, 5.41) is 0. The van der Waals surface area contributed by atoms with E-state index < -0.39 is 0 Å². The van der Waals surface area contributed by atoms with Crippen LogP contribution in [0.25, 0.3) is 0 Å². The second kappa shape index (κ2) is 5.88. The lowest BCUT2D eigenvalue weighted by Gasteiger charge is -2.46. The van der Waals surface area contributed by atoms with Gasteiger partial charge in [-0.15, -0.1) is 0 Å². The fourth-order valence-electron chi connectivity index (χ4n) is 3.28. The normalized spacial score (nSPS) is 29.8. The molecule has 4 atom stereocenters. The van der Waals surface area contributed by atoms with Crippen LogP contribution >= 0.6 is 15.9 Å². The third kappa shape index (κ3) is 2.37. The smallest absolute Gasteiger partial charge is 0.334 e. The van der Waals surface area contributed by atoms with E-state index in [4.69, 9.17) is 9.47 Å². The van der Waals surface area contributed by atoms with E-state index in [9.17, 15) is 9.59 Å². The zero-order chi connectivity index (χ0) is 15.9. The van der Waals surface area contributed by atoms with E-state index in [-0.39, 0.29) is 35.8 Å². The first-order valence-electron chi connectivity index (χ1n) is 7.38. The highest BCUT2D eigenvalue weighted by Gasteiger charge is 2.55. The van der Waals surface area contributed by atoms with Crippen molar-refractivity contribution in [3.63, 3.8) is 0 Å². The highest BCUT2D eigenvalue weighted by Crippen LogP contribution is 2.49. The van der Waals surface area contributed by atoms with Gasteiger partial charge < -0.3 is 9.47 Å². The van der Waals surface area contributed by atoms with Crippen molar-refractivity contribution < 1.29 is 19.1 Å².